The average molecular weight is 584 g/mol. The fraction of sp³-hybridized carbons (Fsp3) is 0.182. The van der Waals surface area contributed by atoms with Gasteiger partial charge in [-0.3, -0.25) is 0 Å². The van der Waals surface area contributed by atoms with Crippen molar-refractivity contribution in [2.24, 2.45) is 5.41 Å². The van der Waals surface area contributed by atoms with Crippen molar-refractivity contribution in [1.82, 2.24) is 4.98 Å². The molecule has 1 unspecified atom stereocenters. The van der Waals surface area contributed by atoms with Crippen LogP contribution in [0.3, 0.4) is 0 Å². The van der Waals surface area contributed by atoms with Crippen molar-refractivity contribution >= 4 is 76.6 Å². The van der Waals surface area contributed by atoms with Gasteiger partial charge in [0, 0.05) is 42.0 Å². The van der Waals surface area contributed by atoms with E-state index in [1.165, 1.54) is 40.9 Å². The standard InChI is InChI=1S/C33H29NOS4/c1-3-33(20-35-4-2,22-37-32-34-28-16-6-8-18-30(28)39-32)21-36-24-12-9-11-23(19-24)25-14-10-15-27-26-13-5-7-17-29(26)38-31(25)27/h4-19H,2-3,20-22H2,1H3. The van der Waals surface area contributed by atoms with Crippen LogP contribution in [0.4, 0.5) is 0 Å². The number of thioether (sulfide) groups is 2. The fourth-order valence-corrected chi connectivity index (χ4v) is 9.73. The number of fused-ring (bicyclic) bond motifs is 4. The summed E-state index contributed by atoms with van der Waals surface area (Å²) in [4.78, 5) is 6.13. The molecule has 196 valence electrons. The number of hydrogen-bond acceptors (Lipinski definition) is 6. The minimum atomic E-state index is 0.00285. The van der Waals surface area contributed by atoms with E-state index >= 15 is 0 Å². The first kappa shape index (κ1) is 26.5. The lowest BCUT2D eigenvalue weighted by Crippen LogP contribution is -2.31. The summed E-state index contributed by atoms with van der Waals surface area (Å²) in [6.45, 7) is 6.72. The van der Waals surface area contributed by atoms with Crippen LogP contribution in [0.25, 0.3) is 41.5 Å². The fourth-order valence-electron chi connectivity index (χ4n) is 4.76. The molecule has 2 heterocycles. The largest absolute Gasteiger partial charge is 0.501 e. The predicted octanol–water partition coefficient (Wildman–Crippen LogP) is 10.8. The van der Waals surface area contributed by atoms with Gasteiger partial charge in [0.05, 0.1) is 23.1 Å². The Balaban J connectivity index is 1.24. The smallest absolute Gasteiger partial charge is 0.151 e. The van der Waals surface area contributed by atoms with E-state index in [0.29, 0.717) is 6.61 Å². The van der Waals surface area contributed by atoms with Gasteiger partial charge in [0.2, 0.25) is 0 Å². The minimum absolute atomic E-state index is 0.00285. The Kier molecular flexibility index (Phi) is 7.98. The van der Waals surface area contributed by atoms with Crippen LogP contribution < -0.4 is 0 Å². The minimum Gasteiger partial charge on any atom is -0.501 e. The third-order valence-corrected chi connectivity index (χ3v) is 12.2. The number of hydrogen-bond donors (Lipinski definition) is 0. The molecule has 0 radical (unpaired) electrons. The van der Waals surface area contributed by atoms with Crippen LogP contribution in [0.1, 0.15) is 13.3 Å². The van der Waals surface area contributed by atoms with E-state index in [9.17, 15) is 0 Å². The number of thiophene rings is 1. The highest BCUT2D eigenvalue weighted by atomic mass is 32.2. The maximum Gasteiger partial charge on any atom is 0.151 e. The van der Waals surface area contributed by atoms with Crippen LogP contribution in [-0.4, -0.2) is 23.1 Å². The number of nitrogens with zero attached hydrogens (tertiary/aromatic N) is 1. The van der Waals surface area contributed by atoms with E-state index in [2.05, 4.69) is 104 Å². The Morgan fingerprint density at radius 3 is 2.46 bits per heavy atom. The molecule has 0 bridgehead atoms. The molecule has 0 spiro atoms. The molecular formula is C33H29NOS4. The van der Waals surface area contributed by atoms with Crippen LogP contribution in [0.2, 0.25) is 0 Å². The zero-order chi connectivity index (χ0) is 26.7. The van der Waals surface area contributed by atoms with Crippen molar-refractivity contribution in [3.05, 3.63) is 104 Å². The van der Waals surface area contributed by atoms with Crippen LogP contribution in [0.15, 0.2) is 113 Å². The molecule has 39 heavy (non-hydrogen) atoms. The van der Waals surface area contributed by atoms with Crippen molar-refractivity contribution in [3.63, 3.8) is 0 Å². The number of benzene rings is 4. The van der Waals surface area contributed by atoms with Crippen LogP contribution >= 0.6 is 46.2 Å². The SMILES string of the molecule is C=COCC(CC)(CSc1cccc(-c2cccc3c2sc2ccccc23)c1)CSc1nc2ccccc2s1. The molecule has 0 N–H and O–H groups in total. The number of thiazole rings is 1. The van der Waals surface area contributed by atoms with Gasteiger partial charge in [0.15, 0.2) is 4.34 Å². The van der Waals surface area contributed by atoms with Crippen molar-refractivity contribution < 1.29 is 4.74 Å². The molecule has 6 rings (SSSR count). The van der Waals surface area contributed by atoms with Crippen LogP contribution in [0, 0.1) is 5.41 Å². The predicted molar refractivity (Wildman–Crippen MR) is 175 cm³/mol. The monoisotopic (exact) mass is 583 g/mol. The Morgan fingerprint density at radius 2 is 1.62 bits per heavy atom. The molecule has 4 aromatic carbocycles. The van der Waals surface area contributed by atoms with E-state index in [0.717, 1.165) is 27.8 Å². The summed E-state index contributed by atoms with van der Waals surface area (Å²) >= 11 is 7.43. The van der Waals surface area contributed by atoms with E-state index in [1.54, 1.807) is 17.6 Å². The number of aromatic nitrogens is 1. The zero-order valence-corrected chi connectivity index (χ0v) is 25.0. The lowest BCUT2D eigenvalue weighted by molar-refractivity contribution is 0.142. The molecule has 6 heteroatoms. The van der Waals surface area contributed by atoms with Crippen molar-refractivity contribution in [1.29, 1.82) is 0 Å². The first-order valence-electron chi connectivity index (χ1n) is 13.0. The highest BCUT2D eigenvalue weighted by Gasteiger charge is 2.30. The van der Waals surface area contributed by atoms with E-state index in [4.69, 9.17) is 9.72 Å². The van der Waals surface area contributed by atoms with Gasteiger partial charge in [-0.2, -0.15) is 0 Å². The molecule has 0 saturated carbocycles. The average Bonchev–Trinajstić information content (AvgIpc) is 3.58. The van der Waals surface area contributed by atoms with Crippen LogP contribution in [-0.2, 0) is 4.74 Å². The Morgan fingerprint density at radius 1 is 0.846 bits per heavy atom. The van der Waals surface area contributed by atoms with Gasteiger partial charge < -0.3 is 4.74 Å². The zero-order valence-electron chi connectivity index (χ0n) is 21.8. The molecule has 0 aliphatic heterocycles. The normalized spacial score (nSPS) is 13.2. The molecule has 0 amide bonds. The van der Waals surface area contributed by atoms with E-state index < -0.39 is 0 Å². The summed E-state index contributed by atoms with van der Waals surface area (Å²) < 4.78 is 10.9. The van der Waals surface area contributed by atoms with Gasteiger partial charge in [-0.15, -0.1) is 34.4 Å². The number of para-hydroxylation sites is 1. The first-order valence-corrected chi connectivity index (χ1v) is 16.6. The maximum atomic E-state index is 5.82. The molecule has 0 saturated heterocycles. The maximum absolute atomic E-state index is 5.82. The first-order chi connectivity index (χ1) is 19.2. The van der Waals surface area contributed by atoms with Gasteiger partial charge in [0.25, 0.3) is 0 Å². The highest BCUT2D eigenvalue weighted by Crippen LogP contribution is 2.42. The molecule has 0 aliphatic rings. The highest BCUT2D eigenvalue weighted by molar-refractivity contribution is 8.01. The van der Waals surface area contributed by atoms with Crippen molar-refractivity contribution in [2.75, 3.05) is 18.1 Å². The third kappa shape index (κ3) is 5.62. The topological polar surface area (TPSA) is 22.1 Å². The summed E-state index contributed by atoms with van der Waals surface area (Å²) in [7, 11) is 0. The molecule has 0 aliphatic carbocycles. The Bertz CT molecular complexity index is 1720. The summed E-state index contributed by atoms with van der Waals surface area (Å²) in [6.07, 6.45) is 2.59. The second-order valence-corrected chi connectivity index (χ2v) is 14.0. The molecule has 6 aromatic rings. The van der Waals surface area contributed by atoms with E-state index in [-0.39, 0.29) is 5.41 Å². The second kappa shape index (κ2) is 11.8. The summed E-state index contributed by atoms with van der Waals surface area (Å²) in [5.74, 6) is 1.91. The van der Waals surface area contributed by atoms with Crippen molar-refractivity contribution in [2.45, 2.75) is 22.6 Å². The second-order valence-electron chi connectivity index (χ2n) is 9.66. The van der Waals surface area contributed by atoms with Crippen LogP contribution in [0.5, 0.6) is 0 Å². The van der Waals surface area contributed by atoms with Gasteiger partial charge in [-0.1, -0.05) is 85.9 Å². The molecule has 2 nitrogen and oxygen atoms in total. The summed E-state index contributed by atoms with van der Waals surface area (Å²) in [6, 6.07) is 32.8. The lowest BCUT2D eigenvalue weighted by atomic mass is 9.91. The van der Waals surface area contributed by atoms with E-state index in [1.807, 2.05) is 34.9 Å². The molecular weight excluding hydrogens is 555 g/mol. The summed E-state index contributed by atoms with van der Waals surface area (Å²) in [5.41, 5.74) is 3.65. The Hall–Kier alpha value is -2.77. The lowest BCUT2D eigenvalue weighted by Gasteiger charge is -2.31. The molecule has 0 fully saturated rings. The summed E-state index contributed by atoms with van der Waals surface area (Å²) in [5, 5.41) is 2.68. The van der Waals surface area contributed by atoms with Gasteiger partial charge in [0.1, 0.15) is 0 Å². The number of rotatable bonds is 11. The van der Waals surface area contributed by atoms with Gasteiger partial charge in [-0.05, 0) is 47.9 Å². The molecule has 2 aromatic heterocycles. The number of ether oxygens (including phenoxy) is 1. The molecule has 1 atom stereocenters. The quantitative estimate of drug-likeness (QED) is 0.112. The van der Waals surface area contributed by atoms with Gasteiger partial charge in [-0.25, -0.2) is 4.98 Å². The third-order valence-electron chi connectivity index (χ3n) is 7.13. The van der Waals surface area contributed by atoms with Gasteiger partial charge >= 0.3 is 0 Å². The van der Waals surface area contributed by atoms with Crippen molar-refractivity contribution in [3.8, 4) is 11.1 Å². The Labute approximate surface area is 246 Å².